The number of allylic oxidation sites excluding steroid dienone is 1. The van der Waals surface area contributed by atoms with Crippen LogP contribution in [0.1, 0.15) is 12.6 Å². The van der Waals surface area contributed by atoms with Gasteiger partial charge in [-0.2, -0.15) is 0 Å². The molecular formula is C8H8FN. The summed E-state index contributed by atoms with van der Waals surface area (Å²) in [4.78, 5) is 3.90. The van der Waals surface area contributed by atoms with Crippen molar-refractivity contribution in [3.8, 4) is 0 Å². The SMILES string of the molecule is C/C(F)=C/c1ccccn1. The number of hydrogen-bond donors (Lipinski definition) is 0. The summed E-state index contributed by atoms with van der Waals surface area (Å²) < 4.78 is 12.2. The molecule has 52 valence electrons. The Hall–Kier alpha value is -1.18. The lowest BCUT2D eigenvalue weighted by Gasteiger charge is -1.88. The second-order valence-corrected chi connectivity index (χ2v) is 1.99. The number of pyridine rings is 1. The largest absolute Gasteiger partial charge is 0.257 e. The molecule has 0 aliphatic heterocycles. The Labute approximate surface area is 59.2 Å². The van der Waals surface area contributed by atoms with Crippen molar-refractivity contribution in [2.24, 2.45) is 0 Å². The van der Waals surface area contributed by atoms with Crippen LogP contribution in [0.2, 0.25) is 0 Å². The third kappa shape index (κ3) is 1.97. The molecule has 1 rings (SSSR count). The quantitative estimate of drug-likeness (QED) is 0.579. The summed E-state index contributed by atoms with van der Waals surface area (Å²) in [5.41, 5.74) is 0.655. The van der Waals surface area contributed by atoms with Crippen molar-refractivity contribution in [3.05, 3.63) is 35.9 Å². The van der Waals surface area contributed by atoms with E-state index >= 15 is 0 Å². The maximum atomic E-state index is 12.2. The van der Waals surface area contributed by atoms with E-state index in [-0.39, 0.29) is 5.83 Å². The molecule has 0 unspecified atom stereocenters. The van der Waals surface area contributed by atoms with Gasteiger partial charge in [-0.15, -0.1) is 0 Å². The Kier molecular flexibility index (Phi) is 2.15. The van der Waals surface area contributed by atoms with E-state index in [1.54, 1.807) is 18.3 Å². The summed E-state index contributed by atoms with van der Waals surface area (Å²) in [6.07, 6.45) is 3.02. The van der Waals surface area contributed by atoms with Gasteiger partial charge in [-0.25, -0.2) is 4.39 Å². The van der Waals surface area contributed by atoms with Gasteiger partial charge >= 0.3 is 0 Å². The Morgan fingerprint density at radius 2 is 2.40 bits per heavy atom. The van der Waals surface area contributed by atoms with Crippen molar-refractivity contribution >= 4 is 6.08 Å². The van der Waals surface area contributed by atoms with Crippen LogP contribution in [-0.4, -0.2) is 4.98 Å². The second-order valence-electron chi connectivity index (χ2n) is 1.99. The minimum Gasteiger partial charge on any atom is -0.257 e. The maximum absolute atomic E-state index is 12.2. The first-order chi connectivity index (χ1) is 4.79. The molecule has 0 spiro atoms. The third-order valence-corrected chi connectivity index (χ3v) is 1.03. The minimum absolute atomic E-state index is 0.223. The van der Waals surface area contributed by atoms with E-state index in [1.165, 1.54) is 13.0 Å². The van der Waals surface area contributed by atoms with E-state index < -0.39 is 0 Å². The molecule has 2 heteroatoms. The van der Waals surface area contributed by atoms with Gasteiger partial charge < -0.3 is 0 Å². The number of nitrogens with zero attached hydrogens (tertiary/aromatic N) is 1. The summed E-state index contributed by atoms with van der Waals surface area (Å²) in [6, 6.07) is 5.37. The molecule has 0 radical (unpaired) electrons. The average molecular weight is 137 g/mol. The standard InChI is InChI=1S/C8H8FN/c1-7(9)6-8-4-2-3-5-10-8/h2-6H,1H3/b7-6-. The molecule has 1 nitrogen and oxygen atoms in total. The van der Waals surface area contributed by atoms with Crippen LogP contribution in [0.5, 0.6) is 0 Å². The summed E-state index contributed by atoms with van der Waals surface area (Å²) in [5.74, 6) is -0.223. The van der Waals surface area contributed by atoms with E-state index in [4.69, 9.17) is 0 Å². The van der Waals surface area contributed by atoms with Crippen LogP contribution in [0.15, 0.2) is 30.2 Å². The van der Waals surface area contributed by atoms with Crippen molar-refractivity contribution in [2.75, 3.05) is 0 Å². The highest BCUT2D eigenvalue weighted by Gasteiger charge is 1.86. The first-order valence-electron chi connectivity index (χ1n) is 3.04. The van der Waals surface area contributed by atoms with Gasteiger partial charge in [0.05, 0.1) is 11.5 Å². The van der Waals surface area contributed by atoms with Gasteiger partial charge in [0.1, 0.15) is 0 Å². The van der Waals surface area contributed by atoms with Crippen LogP contribution in [-0.2, 0) is 0 Å². The molecule has 1 aromatic heterocycles. The fourth-order valence-electron chi connectivity index (χ4n) is 0.665. The van der Waals surface area contributed by atoms with E-state index in [1.807, 2.05) is 6.07 Å². The molecule has 0 aromatic carbocycles. The first-order valence-corrected chi connectivity index (χ1v) is 3.04. The molecule has 0 saturated carbocycles. The minimum atomic E-state index is -0.223. The van der Waals surface area contributed by atoms with E-state index in [9.17, 15) is 4.39 Å². The number of rotatable bonds is 1. The van der Waals surface area contributed by atoms with Gasteiger partial charge in [-0.3, -0.25) is 4.98 Å². The molecule has 0 fully saturated rings. The Bertz CT molecular complexity index is 224. The zero-order chi connectivity index (χ0) is 7.40. The predicted octanol–water partition coefficient (Wildman–Crippen LogP) is 2.41. The lowest BCUT2D eigenvalue weighted by molar-refractivity contribution is 0.648. The van der Waals surface area contributed by atoms with Crippen molar-refractivity contribution in [1.29, 1.82) is 0 Å². The zero-order valence-electron chi connectivity index (χ0n) is 5.71. The topological polar surface area (TPSA) is 12.9 Å². The molecule has 1 heterocycles. The van der Waals surface area contributed by atoms with Gasteiger partial charge in [0.2, 0.25) is 0 Å². The number of aromatic nitrogens is 1. The van der Waals surface area contributed by atoms with Crippen molar-refractivity contribution in [2.45, 2.75) is 6.92 Å². The lowest BCUT2D eigenvalue weighted by atomic mass is 10.3. The molecule has 0 bridgehead atoms. The van der Waals surface area contributed by atoms with Crippen LogP contribution >= 0.6 is 0 Å². The zero-order valence-corrected chi connectivity index (χ0v) is 5.71. The summed E-state index contributed by atoms with van der Waals surface area (Å²) >= 11 is 0. The molecule has 0 saturated heterocycles. The van der Waals surface area contributed by atoms with Gasteiger partial charge in [-0.05, 0) is 25.1 Å². The second kappa shape index (κ2) is 3.11. The highest BCUT2D eigenvalue weighted by atomic mass is 19.1. The Morgan fingerprint density at radius 1 is 1.60 bits per heavy atom. The Balaban J connectivity index is 2.87. The molecule has 0 N–H and O–H groups in total. The normalized spacial score (nSPS) is 11.6. The summed E-state index contributed by atoms with van der Waals surface area (Å²) in [6.45, 7) is 1.40. The van der Waals surface area contributed by atoms with E-state index in [2.05, 4.69) is 4.98 Å². The van der Waals surface area contributed by atoms with Gasteiger partial charge in [0.15, 0.2) is 0 Å². The van der Waals surface area contributed by atoms with Gasteiger partial charge in [-0.1, -0.05) is 6.07 Å². The highest BCUT2D eigenvalue weighted by molar-refractivity contribution is 5.45. The van der Waals surface area contributed by atoms with Gasteiger partial charge in [0, 0.05) is 6.20 Å². The fraction of sp³-hybridized carbons (Fsp3) is 0.125. The van der Waals surface area contributed by atoms with Gasteiger partial charge in [0.25, 0.3) is 0 Å². The van der Waals surface area contributed by atoms with Crippen molar-refractivity contribution in [3.63, 3.8) is 0 Å². The Morgan fingerprint density at radius 3 is 2.90 bits per heavy atom. The monoisotopic (exact) mass is 137 g/mol. The van der Waals surface area contributed by atoms with Crippen molar-refractivity contribution < 1.29 is 4.39 Å². The summed E-state index contributed by atoms with van der Waals surface area (Å²) in [5, 5.41) is 0. The molecule has 0 amide bonds. The van der Waals surface area contributed by atoms with Crippen LogP contribution in [0, 0.1) is 0 Å². The molecular weight excluding hydrogens is 129 g/mol. The molecule has 0 aliphatic carbocycles. The summed E-state index contributed by atoms with van der Waals surface area (Å²) in [7, 11) is 0. The third-order valence-electron chi connectivity index (χ3n) is 1.03. The van der Waals surface area contributed by atoms with E-state index in [0.717, 1.165) is 0 Å². The van der Waals surface area contributed by atoms with E-state index in [0.29, 0.717) is 5.69 Å². The van der Waals surface area contributed by atoms with Crippen LogP contribution in [0.25, 0.3) is 6.08 Å². The average Bonchev–Trinajstić information content (AvgIpc) is 1.88. The maximum Gasteiger partial charge on any atom is 0.0990 e. The fourth-order valence-corrected chi connectivity index (χ4v) is 0.665. The molecule has 0 aliphatic rings. The van der Waals surface area contributed by atoms with Crippen LogP contribution in [0.4, 0.5) is 4.39 Å². The van der Waals surface area contributed by atoms with Crippen LogP contribution in [0.3, 0.4) is 0 Å². The highest BCUT2D eigenvalue weighted by Crippen LogP contribution is 2.02. The molecule has 0 atom stereocenters. The number of hydrogen-bond acceptors (Lipinski definition) is 1. The van der Waals surface area contributed by atoms with Crippen LogP contribution < -0.4 is 0 Å². The first kappa shape index (κ1) is 6.93. The smallest absolute Gasteiger partial charge is 0.0990 e. The number of halogens is 1. The molecule has 10 heavy (non-hydrogen) atoms. The lowest BCUT2D eigenvalue weighted by Crippen LogP contribution is -1.76. The predicted molar refractivity (Wildman–Crippen MR) is 39.0 cm³/mol. The van der Waals surface area contributed by atoms with Crippen molar-refractivity contribution in [1.82, 2.24) is 4.98 Å². The molecule has 1 aromatic rings.